The number of carboxylic acids is 1. The minimum absolute atomic E-state index is 0. The van der Waals surface area contributed by atoms with E-state index in [0.717, 1.165) is 22.3 Å². The van der Waals surface area contributed by atoms with Gasteiger partial charge in [-0.1, -0.05) is 11.2 Å². The van der Waals surface area contributed by atoms with E-state index < -0.39 is 40.9 Å². The number of aliphatic imine (C=N–C) groups is 1. The Labute approximate surface area is 364 Å². The maximum atomic E-state index is 13.5. The molecule has 4 aliphatic heterocycles. The predicted molar refractivity (Wildman–Crippen MR) is 207 cm³/mol. The first-order valence-corrected chi connectivity index (χ1v) is 19.5. The summed E-state index contributed by atoms with van der Waals surface area (Å²) < 4.78 is 5.33. The molecule has 1 fully saturated rings. The molecule has 2 amide bonds. The Morgan fingerprint density at radius 2 is 1.86 bits per heavy atom. The quantitative estimate of drug-likeness (QED) is 0.0256. The van der Waals surface area contributed by atoms with Gasteiger partial charge < -0.3 is 47.6 Å². The number of esters is 1. The summed E-state index contributed by atoms with van der Waals surface area (Å²) in [5.74, 6) is -4.19. The van der Waals surface area contributed by atoms with Crippen LogP contribution in [0.25, 0.3) is 0 Å². The van der Waals surface area contributed by atoms with Crippen molar-refractivity contribution in [1.82, 2.24) is 30.8 Å². The first kappa shape index (κ1) is 42.2. The van der Waals surface area contributed by atoms with Crippen molar-refractivity contribution in [2.45, 2.75) is 24.9 Å². The summed E-state index contributed by atoms with van der Waals surface area (Å²) in [6.07, 6.45) is 3.37. The van der Waals surface area contributed by atoms with Gasteiger partial charge in [0.15, 0.2) is 46.4 Å². The number of phenols is 4. The van der Waals surface area contributed by atoms with Gasteiger partial charge in [0.1, 0.15) is 29.4 Å². The van der Waals surface area contributed by atoms with Crippen LogP contribution in [-0.4, -0.2) is 110 Å². The van der Waals surface area contributed by atoms with Crippen molar-refractivity contribution in [3.05, 3.63) is 93.0 Å². The fourth-order valence-electron chi connectivity index (χ4n) is 5.73. The number of hydrazine groups is 2. The normalized spacial score (nSPS) is 18.6. The number of aromatic nitrogens is 1. The van der Waals surface area contributed by atoms with E-state index in [1.807, 2.05) is 0 Å². The van der Waals surface area contributed by atoms with Crippen LogP contribution < -0.4 is 46.1 Å². The zero-order valence-electron chi connectivity index (χ0n) is 31.4. The number of thioether (sulfide) groups is 2. The molecule has 9 N–H and O–H groups in total. The Morgan fingerprint density at radius 1 is 1.12 bits per heavy atom. The predicted octanol–water partition coefficient (Wildman–Crippen LogP) is -0.977. The molecule has 0 bridgehead atoms. The van der Waals surface area contributed by atoms with Gasteiger partial charge in [-0.25, -0.2) is 24.6 Å². The summed E-state index contributed by atoms with van der Waals surface area (Å²) >= 11 is 3.61. The van der Waals surface area contributed by atoms with Crippen molar-refractivity contribution in [2.24, 2.45) is 10.1 Å². The minimum atomic E-state index is -1.31. The van der Waals surface area contributed by atoms with E-state index in [4.69, 9.17) is 15.3 Å². The second-order valence-electron chi connectivity index (χ2n) is 12.4. The number of nitrogens with one attached hydrogen (secondary N) is 2. The number of nitrogens with zero attached hydrogens (tertiary/aromatic N) is 6. The van der Waals surface area contributed by atoms with Crippen LogP contribution in [0.2, 0.25) is 0 Å². The molecule has 0 radical (unpaired) electrons. The molecule has 24 heteroatoms. The number of carboxylic acid groups (broad SMARTS) is 1. The van der Waals surface area contributed by atoms with Gasteiger partial charge >= 0.3 is 41.5 Å². The molecule has 4 aliphatic rings. The minimum Gasteiger partial charge on any atom is -1.00 e. The summed E-state index contributed by atoms with van der Waals surface area (Å²) in [5.41, 5.74) is 10.00. The Bertz CT molecular complexity index is 2360. The Balaban J connectivity index is 0.00000331. The number of β-lactam (4-membered cyclic amide) rings is 1. The number of nitrogen functional groups attached to an aromatic ring is 1. The summed E-state index contributed by atoms with van der Waals surface area (Å²) in [5, 5.41) is 60.0. The third-order valence-corrected chi connectivity index (χ3v) is 11.6. The third kappa shape index (κ3) is 8.84. The van der Waals surface area contributed by atoms with E-state index in [1.165, 1.54) is 64.2 Å². The van der Waals surface area contributed by atoms with Crippen LogP contribution in [0, 0.1) is 0 Å². The number of benzene rings is 2. The molecule has 1 saturated heterocycles. The molecule has 7 rings (SSSR count). The van der Waals surface area contributed by atoms with Crippen molar-refractivity contribution in [3.63, 3.8) is 0 Å². The van der Waals surface area contributed by atoms with Crippen LogP contribution in [0.1, 0.15) is 30.0 Å². The molecule has 0 unspecified atom stereocenters. The average molecular weight is 862 g/mol. The number of nitrogens with two attached hydrogens (primary N) is 1. The van der Waals surface area contributed by atoms with Gasteiger partial charge in [-0.2, -0.15) is 0 Å². The molecule has 0 saturated carbocycles. The van der Waals surface area contributed by atoms with Crippen molar-refractivity contribution in [2.75, 3.05) is 24.0 Å². The number of anilines is 1. The fourth-order valence-corrected chi connectivity index (χ4v) is 8.83. The topological polar surface area (TPSA) is 285 Å². The third-order valence-electron chi connectivity index (χ3n) is 8.46. The number of aromatic hydroxyl groups is 4. The fraction of sp³-hybridized carbons (Fsp3) is 0.206. The van der Waals surface area contributed by atoms with E-state index in [2.05, 4.69) is 26.0 Å². The van der Waals surface area contributed by atoms with Crippen LogP contribution >= 0.6 is 34.9 Å². The number of hydrogen-bond donors (Lipinski definition) is 8. The number of fused-ring (bicyclic) bond motifs is 2. The van der Waals surface area contributed by atoms with Crippen LogP contribution in [0.5, 0.6) is 23.0 Å². The number of ether oxygens (including phenoxy) is 1. The van der Waals surface area contributed by atoms with E-state index in [9.17, 15) is 44.7 Å². The number of allylic oxidation sites excluding steroid dienone is 1. The summed E-state index contributed by atoms with van der Waals surface area (Å²) in [7, 11) is 0. The van der Waals surface area contributed by atoms with Crippen LogP contribution in [0.4, 0.5) is 5.13 Å². The standard InChI is InChI=1S/C34H31N9O11S3.Na.H/c1-15-6-25(43-24(36-15)9-41(40-43)14-53-33(52)17-3-5-21(45)23(47)8-17)55-11-18-12-56-31-27(30(49)42(31)28(18)32(50)51)38-29(48)26(19-13-57-34(35)37-19)39-54-10-16-2-4-20(44)22(46)7-16;;/h2-9,13,27,31,40,44-47H,10-12,14H2,1H3,(H2,35,37)(H,38,48)(H,50,51);;/q;+1;-1/t27-,31-;;/m1../s1. The van der Waals surface area contributed by atoms with Gasteiger partial charge in [0.2, 0.25) is 0 Å². The van der Waals surface area contributed by atoms with Gasteiger partial charge in [-0.15, -0.1) is 40.4 Å². The number of rotatable bonds is 13. The molecule has 58 heavy (non-hydrogen) atoms. The zero-order chi connectivity index (χ0) is 40.5. The SMILES string of the molecule is CC1=NC2=CN(COC(=O)c3ccc(O)c(O)c3)NN2C(SCC2=C(C(=O)O)N3C(=O)[C@@H](NC(=O)C(=NOCc4ccc(O)c(O)c4)c4csc(N)n4)[C@H]3SC2)=C1.[H-].[Na+]. The molecule has 0 spiro atoms. The van der Waals surface area contributed by atoms with Gasteiger partial charge in [0.05, 0.1) is 16.8 Å². The Morgan fingerprint density at radius 3 is 2.55 bits per heavy atom. The van der Waals surface area contributed by atoms with E-state index >= 15 is 0 Å². The molecule has 5 heterocycles. The molecule has 2 aromatic carbocycles. The molecule has 0 aliphatic carbocycles. The van der Waals surface area contributed by atoms with Crippen LogP contribution in [0.15, 0.2) is 86.3 Å². The monoisotopic (exact) mass is 861 g/mol. The van der Waals surface area contributed by atoms with Crippen molar-refractivity contribution in [3.8, 4) is 23.0 Å². The maximum Gasteiger partial charge on any atom is 1.00 e. The number of thiazole rings is 1. The molecule has 3 aromatic rings. The van der Waals surface area contributed by atoms with Crippen LogP contribution in [0.3, 0.4) is 0 Å². The van der Waals surface area contributed by atoms with E-state index in [-0.39, 0.29) is 101 Å². The van der Waals surface area contributed by atoms with Gasteiger partial charge in [0, 0.05) is 22.6 Å². The van der Waals surface area contributed by atoms with E-state index in [1.54, 1.807) is 24.2 Å². The summed E-state index contributed by atoms with van der Waals surface area (Å²) in [6.45, 7) is 1.34. The number of oxime groups is 1. The van der Waals surface area contributed by atoms with E-state index in [0.29, 0.717) is 27.7 Å². The zero-order valence-corrected chi connectivity index (χ0v) is 34.8. The Hall–Kier alpha value is -5.43. The number of carbonyl (C=O) groups is 4. The second kappa shape index (κ2) is 17.6. The molecular formula is C34H32N9NaO11S3. The first-order valence-electron chi connectivity index (χ1n) is 16.5. The molecular weight excluding hydrogens is 830 g/mol. The molecule has 20 nitrogen and oxygen atoms in total. The second-order valence-corrected chi connectivity index (χ2v) is 15.4. The maximum absolute atomic E-state index is 13.5. The van der Waals surface area contributed by atoms with Gasteiger partial charge in [0.25, 0.3) is 11.8 Å². The van der Waals surface area contributed by atoms with Gasteiger partial charge in [-0.05, 0) is 54.5 Å². The number of amides is 2. The molecule has 1 aromatic heterocycles. The molecule has 2 atom stereocenters. The number of aliphatic carboxylic acids is 1. The van der Waals surface area contributed by atoms with Crippen LogP contribution in [-0.2, 0) is 30.6 Å². The smallest absolute Gasteiger partial charge is 1.00 e. The average Bonchev–Trinajstić information content (AvgIpc) is 3.80. The van der Waals surface area contributed by atoms with Crippen molar-refractivity contribution in [1.29, 1.82) is 0 Å². The van der Waals surface area contributed by atoms with Crippen molar-refractivity contribution < 1.29 is 85.3 Å². The first-order chi connectivity index (χ1) is 27.3. The Kier molecular flexibility index (Phi) is 12.8. The number of carbonyl (C=O) groups excluding carboxylic acids is 3. The summed E-state index contributed by atoms with van der Waals surface area (Å²) in [4.78, 5) is 67.3. The summed E-state index contributed by atoms with van der Waals surface area (Å²) in [6, 6.07) is 6.47. The van der Waals surface area contributed by atoms with Gasteiger partial charge in [-0.3, -0.25) is 19.5 Å². The number of hydrogen-bond acceptors (Lipinski definition) is 20. The number of phenolic OH excluding ortho intramolecular Hbond substituents is 4. The molecule has 298 valence electrons. The van der Waals surface area contributed by atoms with Crippen molar-refractivity contribution >= 4 is 75.2 Å². The largest absolute Gasteiger partial charge is 1.00 e.